The summed E-state index contributed by atoms with van der Waals surface area (Å²) in [7, 11) is 0. The van der Waals surface area contributed by atoms with Gasteiger partial charge in [-0.3, -0.25) is 0 Å². The number of rotatable bonds is 2. The molecule has 0 heterocycles. The summed E-state index contributed by atoms with van der Waals surface area (Å²) in [6.07, 6.45) is 3.99. The van der Waals surface area contributed by atoms with Gasteiger partial charge in [-0.05, 0) is 125 Å². The zero-order valence-electron chi connectivity index (χ0n) is 35.7. The lowest BCUT2D eigenvalue weighted by molar-refractivity contribution is 0.193. The summed E-state index contributed by atoms with van der Waals surface area (Å²) in [6.45, 7) is 52.5. The highest BCUT2D eigenvalue weighted by Gasteiger charge is 2.47. The lowest BCUT2D eigenvalue weighted by Crippen LogP contribution is -2.22. The highest BCUT2D eigenvalue weighted by Crippen LogP contribution is 2.54. The molecule has 4 aliphatic carbocycles. The number of hydrogen-bond acceptors (Lipinski definition) is 0. The first-order valence-electron chi connectivity index (χ1n) is 20.7. The van der Waals surface area contributed by atoms with Gasteiger partial charge < -0.3 is 0 Å². The molecule has 4 fully saturated rings. The number of hydrogen-bond donors (Lipinski definition) is 0. The van der Waals surface area contributed by atoms with Crippen LogP contribution in [0.5, 0.6) is 0 Å². The molecule has 4 saturated carbocycles. The Hall–Kier alpha value is 0. The van der Waals surface area contributed by atoms with Crippen LogP contribution in [0, 0.1) is 118 Å². The molecule has 0 amide bonds. The highest BCUT2D eigenvalue weighted by atomic mass is 14.5. The summed E-state index contributed by atoms with van der Waals surface area (Å²) >= 11 is 0. The first-order valence-corrected chi connectivity index (χ1v) is 20.7. The molecule has 0 spiro atoms. The normalized spacial score (nSPS) is 49.2. The van der Waals surface area contributed by atoms with Gasteiger partial charge in [0.1, 0.15) is 0 Å². The fraction of sp³-hybridized carbons (Fsp3) is 1.00. The van der Waals surface area contributed by atoms with E-state index in [0.717, 1.165) is 118 Å². The molecule has 0 nitrogen and oxygen atoms in total. The topological polar surface area (TPSA) is 0 Å². The quantitative estimate of drug-likeness (QED) is 0.279. The predicted molar refractivity (Wildman–Crippen MR) is 215 cm³/mol. The third kappa shape index (κ3) is 11.5. The zero-order valence-corrected chi connectivity index (χ0v) is 35.7. The van der Waals surface area contributed by atoms with Crippen molar-refractivity contribution in [1.82, 2.24) is 0 Å². The van der Waals surface area contributed by atoms with E-state index < -0.39 is 0 Å². The minimum absolute atomic E-state index is 0. The van der Waals surface area contributed by atoms with E-state index in [0.29, 0.717) is 0 Å². The van der Waals surface area contributed by atoms with E-state index in [9.17, 15) is 0 Å². The van der Waals surface area contributed by atoms with Crippen LogP contribution in [-0.2, 0) is 0 Å². The fourth-order valence-corrected chi connectivity index (χ4v) is 10.4. The van der Waals surface area contributed by atoms with E-state index in [-0.39, 0.29) is 7.43 Å². The van der Waals surface area contributed by atoms with Crippen molar-refractivity contribution >= 4 is 0 Å². The third-order valence-corrected chi connectivity index (χ3v) is 16.5. The molecule has 0 saturated heterocycles. The summed E-state index contributed by atoms with van der Waals surface area (Å²) < 4.78 is 0. The van der Waals surface area contributed by atoms with E-state index >= 15 is 0 Å². The van der Waals surface area contributed by atoms with Gasteiger partial charge in [0.25, 0.3) is 0 Å². The molecule has 0 N–H and O–H groups in total. The molecule has 4 aliphatic rings. The Labute approximate surface area is 296 Å². The zero-order chi connectivity index (χ0) is 35.7. The molecule has 0 aliphatic heterocycles. The molecule has 4 rings (SSSR count). The molecule has 46 heavy (non-hydrogen) atoms. The van der Waals surface area contributed by atoms with Gasteiger partial charge in [-0.2, -0.15) is 0 Å². The second kappa shape index (κ2) is 22.0. The standard InChI is InChI=1S/C19H36.2C10H20.2C3H8.CH4/c1-10-11(2)15(6)18(14(10)5)9-19-16(7)12(3)13(4)17(19)8;2*1-6-7(2)9(4)10(5)8(6)3;2*1-3-2;/h10-19H,9H2,1-8H3;2*6-10H,1-5H3;2*3H2,1-2H3;1H4. The average molecular weight is 649 g/mol. The molecule has 280 valence electrons. The monoisotopic (exact) mass is 649 g/mol. The van der Waals surface area contributed by atoms with E-state index in [2.05, 4.69) is 152 Å². The molecule has 0 bridgehead atoms. The van der Waals surface area contributed by atoms with Crippen LogP contribution in [0.25, 0.3) is 0 Å². The molecule has 0 radical (unpaired) electrons. The van der Waals surface area contributed by atoms with Crippen LogP contribution >= 0.6 is 0 Å². The van der Waals surface area contributed by atoms with Crippen molar-refractivity contribution in [2.75, 3.05) is 0 Å². The molecule has 0 aromatic heterocycles. The highest BCUT2D eigenvalue weighted by molar-refractivity contribution is 4.96. The molecule has 0 heteroatoms. The summed E-state index contributed by atoms with van der Waals surface area (Å²) in [5, 5.41) is 0. The lowest BCUT2D eigenvalue weighted by atomic mass is 9.76. The van der Waals surface area contributed by atoms with Gasteiger partial charge in [-0.15, -0.1) is 0 Å². The Balaban J connectivity index is 0. The first-order chi connectivity index (χ1) is 20.7. The van der Waals surface area contributed by atoms with Gasteiger partial charge in [-0.25, -0.2) is 0 Å². The third-order valence-electron chi connectivity index (χ3n) is 16.5. The van der Waals surface area contributed by atoms with Crippen molar-refractivity contribution in [3.05, 3.63) is 0 Å². The Morgan fingerprint density at radius 3 is 0.413 bits per heavy atom. The Kier molecular flexibility index (Phi) is 23.0. The van der Waals surface area contributed by atoms with Crippen LogP contribution in [0.15, 0.2) is 0 Å². The summed E-state index contributed by atoms with van der Waals surface area (Å²) in [5.41, 5.74) is 0. The van der Waals surface area contributed by atoms with E-state index in [1.54, 1.807) is 0 Å². The smallest absolute Gasteiger partial charge is 0.0355 e. The maximum atomic E-state index is 2.52. The van der Waals surface area contributed by atoms with Crippen molar-refractivity contribution in [1.29, 1.82) is 0 Å². The molecule has 0 aromatic rings. The first kappa shape index (κ1) is 48.1. The van der Waals surface area contributed by atoms with Crippen LogP contribution in [0.1, 0.15) is 179 Å². The van der Waals surface area contributed by atoms with Gasteiger partial charge in [0.15, 0.2) is 0 Å². The summed E-state index contributed by atoms with van der Waals surface area (Å²) in [5.74, 6) is 18.7. The molecule has 8 atom stereocenters. The SMILES string of the molecule is C.CC1C(C)C(C)C(C)C1C.CC1C(C)C(C)C(C)C1C.CC1C(C)C(C)C(CC2C(C)C(C)C(C)C2C)C1C.CCC.CCC. The van der Waals surface area contributed by atoms with Crippen molar-refractivity contribution in [2.45, 2.75) is 179 Å². The van der Waals surface area contributed by atoms with Crippen molar-refractivity contribution in [3.63, 3.8) is 0 Å². The van der Waals surface area contributed by atoms with Crippen molar-refractivity contribution < 1.29 is 0 Å². The van der Waals surface area contributed by atoms with Crippen LogP contribution < -0.4 is 0 Å². The summed E-state index contributed by atoms with van der Waals surface area (Å²) in [6, 6.07) is 0. The second-order valence-electron chi connectivity index (χ2n) is 18.4. The molecular formula is C46H96. The maximum absolute atomic E-state index is 2.52. The molecule has 8 unspecified atom stereocenters. The lowest BCUT2D eigenvalue weighted by Gasteiger charge is -2.30. The molecule has 0 aromatic carbocycles. The van der Waals surface area contributed by atoms with Gasteiger partial charge in [0.2, 0.25) is 0 Å². The van der Waals surface area contributed by atoms with Crippen molar-refractivity contribution in [2.24, 2.45) is 118 Å². The van der Waals surface area contributed by atoms with Crippen LogP contribution in [0.4, 0.5) is 0 Å². The van der Waals surface area contributed by atoms with E-state index in [4.69, 9.17) is 0 Å². The van der Waals surface area contributed by atoms with Gasteiger partial charge >= 0.3 is 0 Å². The minimum atomic E-state index is 0. The van der Waals surface area contributed by atoms with Crippen molar-refractivity contribution in [3.8, 4) is 0 Å². The predicted octanol–water partition coefficient (Wildman–Crippen LogP) is 15.6. The van der Waals surface area contributed by atoms with Crippen LogP contribution in [0.3, 0.4) is 0 Å². The second-order valence-corrected chi connectivity index (χ2v) is 18.4. The van der Waals surface area contributed by atoms with Gasteiger partial charge in [-0.1, -0.05) is 173 Å². The Morgan fingerprint density at radius 1 is 0.217 bits per heavy atom. The van der Waals surface area contributed by atoms with Crippen LogP contribution in [0.2, 0.25) is 0 Å². The average Bonchev–Trinajstić information content (AvgIpc) is 3.46. The van der Waals surface area contributed by atoms with Gasteiger partial charge in [0, 0.05) is 0 Å². The van der Waals surface area contributed by atoms with Gasteiger partial charge in [0.05, 0.1) is 0 Å². The fourth-order valence-electron chi connectivity index (χ4n) is 10.4. The summed E-state index contributed by atoms with van der Waals surface area (Å²) in [4.78, 5) is 0. The Morgan fingerprint density at radius 2 is 0.304 bits per heavy atom. The Bertz CT molecular complexity index is 573. The minimum Gasteiger partial charge on any atom is -0.0776 e. The van der Waals surface area contributed by atoms with Crippen LogP contribution in [-0.4, -0.2) is 0 Å². The van der Waals surface area contributed by atoms with E-state index in [1.165, 1.54) is 19.3 Å². The van der Waals surface area contributed by atoms with E-state index in [1.807, 2.05) is 0 Å². The largest absolute Gasteiger partial charge is 0.0776 e. The maximum Gasteiger partial charge on any atom is -0.0355 e. The molecular weight excluding hydrogens is 553 g/mol.